The zero-order chi connectivity index (χ0) is 21.9. The number of nitro benzene ring substituents is 1. The van der Waals surface area contributed by atoms with Gasteiger partial charge in [0, 0.05) is 24.7 Å². The van der Waals surface area contributed by atoms with Crippen LogP contribution in [0, 0.1) is 17.0 Å². The molecule has 1 aliphatic heterocycles. The van der Waals surface area contributed by atoms with E-state index in [1.807, 2.05) is 6.92 Å². The summed E-state index contributed by atoms with van der Waals surface area (Å²) < 4.78 is 31.9. The first-order chi connectivity index (χ1) is 14.2. The molecule has 0 radical (unpaired) electrons. The summed E-state index contributed by atoms with van der Waals surface area (Å²) >= 11 is 0. The fraction of sp³-hybridized carbons (Fsp3) is 0.316. The largest absolute Gasteiger partial charge is 0.507 e. The van der Waals surface area contributed by atoms with Crippen molar-refractivity contribution in [3.8, 4) is 5.75 Å². The van der Waals surface area contributed by atoms with Gasteiger partial charge < -0.3 is 9.84 Å². The third-order valence-electron chi connectivity index (χ3n) is 4.66. The molecule has 2 N–H and O–H groups in total. The lowest BCUT2D eigenvalue weighted by molar-refractivity contribution is -0.384. The Bertz CT molecular complexity index is 1090. The monoisotopic (exact) mass is 434 g/mol. The number of benzene rings is 2. The molecule has 0 unspecified atom stereocenters. The SMILES string of the molecule is C/C(=N\Nc1ccc(S(=O)(=O)N2CCOCC2)cc1[N+](=O)[O-])c1cc(C)ccc1O. The summed E-state index contributed by atoms with van der Waals surface area (Å²) in [5.74, 6) is 0.0325. The molecular weight excluding hydrogens is 412 g/mol. The summed E-state index contributed by atoms with van der Waals surface area (Å²) in [5.41, 5.74) is 4.03. The summed E-state index contributed by atoms with van der Waals surface area (Å²) in [6, 6.07) is 8.65. The smallest absolute Gasteiger partial charge is 0.295 e. The van der Waals surface area contributed by atoms with Crippen LogP contribution in [0.2, 0.25) is 0 Å². The average Bonchev–Trinajstić information content (AvgIpc) is 2.74. The maximum atomic E-state index is 12.8. The number of hydrazone groups is 1. The summed E-state index contributed by atoms with van der Waals surface area (Å²) in [6.07, 6.45) is 0. The molecule has 1 heterocycles. The minimum absolute atomic E-state index is 0.0325. The summed E-state index contributed by atoms with van der Waals surface area (Å²) in [5, 5.41) is 25.7. The molecule has 10 nitrogen and oxygen atoms in total. The van der Waals surface area contributed by atoms with Crippen molar-refractivity contribution in [2.45, 2.75) is 18.7 Å². The summed E-state index contributed by atoms with van der Waals surface area (Å²) in [4.78, 5) is 10.7. The van der Waals surface area contributed by atoms with E-state index in [1.165, 1.54) is 22.5 Å². The number of phenolic OH excluding ortho intramolecular Hbond substituents is 1. The fourth-order valence-electron chi connectivity index (χ4n) is 3.00. The van der Waals surface area contributed by atoms with Crippen molar-refractivity contribution in [3.63, 3.8) is 0 Å². The maximum Gasteiger partial charge on any atom is 0.295 e. The van der Waals surface area contributed by atoms with Crippen LogP contribution in [0.1, 0.15) is 18.1 Å². The Kier molecular flexibility index (Phi) is 6.34. The van der Waals surface area contributed by atoms with Crippen molar-refractivity contribution in [1.29, 1.82) is 0 Å². The predicted molar refractivity (Wildman–Crippen MR) is 111 cm³/mol. The fourth-order valence-corrected chi connectivity index (χ4v) is 4.43. The zero-order valence-corrected chi connectivity index (χ0v) is 17.3. The molecule has 1 fully saturated rings. The van der Waals surface area contributed by atoms with Crippen LogP contribution >= 0.6 is 0 Å². The Morgan fingerprint density at radius 2 is 1.93 bits per heavy atom. The number of aryl methyl sites for hydroxylation is 1. The highest BCUT2D eigenvalue weighted by molar-refractivity contribution is 7.89. The van der Waals surface area contributed by atoms with E-state index >= 15 is 0 Å². The average molecular weight is 434 g/mol. The van der Waals surface area contributed by atoms with Gasteiger partial charge in [-0.1, -0.05) is 11.6 Å². The third-order valence-corrected chi connectivity index (χ3v) is 6.55. The normalized spacial score (nSPS) is 15.7. The van der Waals surface area contributed by atoms with E-state index in [9.17, 15) is 23.6 Å². The molecule has 0 saturated carbocycles. The van der Waals surface area contributed by atoms with E-state index in [-0.39, 0.29) is 42.6 Å². The van der Waals surface area contributed by atoms with Gasteiger partial charge in [-0.15, -0.1) is 0 Å². The number of aromatic hydroxyl groups is 1. The van der Waals surface area contributed by atoms with Gasteiger partial charge in [-0.3, -0.25) is 15.5 Å². The van der Waals surface area contributed by atoms with Gasteiger partial charge in [0.1, 0.15) is 11.4 Å². The number of nitrogens with one attached hydrogen (secondary N) is 1. The Hall–Kier alpha value is -3.02. The number of sulfonamides is 1. The van der Waals surface area contributed by atoms with Crippen molar-refractivity contribution >= 4 is 27.1 Å². The number of hydrogen-bond donors (Lipinski definition) is 2. The van der Waals surface area contributed by atoms with Gasteiger partial charge in [-0.2, -0.15) is 9.41 Å². The standard InChI is InChI=1S/C19H22N4O6S/c1-13-3-6-19(24)16(11-13)14(2)20-21-17-5-4-15(12-18(17)23(25)26)30(27,28)22-7-9-29-10-8-22/h3-6,11-12,21,24H,7-10H2,1-2H3/b20-14+. The Balaban J connectivity index is 1.90. The summed E-state index contributed by atoms with van der Waals surface area (Å²) in [7, 11) is -3.87. The topological polar surface area (TPSA) is 134 Å². The molecule has 0 spiro atoms. The molecular formula is C19H22N4O6S. The highest BCUT2D eigenvalue weighted by atomic mass is 32.2. The van der Waals surface area contributed by atoms with Gasteiger partial charge in [-0.05, 0) is 38.1 Å². The lowest BCUT2D eigenvalue weighted by Crippen LogP contribution is -2.40. The van der Waals surface area contributed by atoms with E-state index in [2.05, 4.69) is 10.5 Å². The van der Waals surface area contributed by atoms with Gasteiger partial charge in [-0.25, -0.2) is 8.42 Å². The third kappa shape index (κ3) is 4.58. The van der Waals surface area contributed by atoms with Crippen LogP contribution in [0.15, 0.2) is 46.4 Å². The molecule has 2 aromatic carbocycles. The Labute approximate surface area is 174 Å². The van der Waals surface area contributed by atoms with Crippen molar-refractivity contribution in [2.24, 2.45) is 5.10 Å². The van der Waals surface area contributed by atoms with Gasteiger partial charge >= 0.3 is 0 Å². The highest BCUT2D eigenvalue weighted by Gasteiger charge is 2.28. The van der Waals surface area contributed by atoms with Crippen molar-refractivity contribution in [1.82, 2.24) is 4.31 Å². The maximum absolute atomic E-state index is 12.8. The van der Waals surface area contributed by atoms with E-state index < -0.39 is 20.6 Å². The van der Waals surface area contributed by atoms with Crippen LogP contribution in [0.3, 0.4) is 0 Å². The molecule has 0 aromatic heterocycles. The van der Waals surface area contributed by atoms with Crippen LogP contribution in [0.5, 0.6) is 5.75 Å². The quantitative estimate of drug-likeness (QED) is 0.405. The number of nitrogens with zero attached hydrogens (tertiary/aromatic N) is 3. The van der Waals surface area contributed by atoms with Crippen molar-refractivity contribution in [2.75, 3.05) is 31.7 Å². The summed E-state index contributed by atoms with van der Waals surface area (Å²) in [6.45, 7) is 4.45. The molecule has 11 heteroatoms. The molecule has 0 atom stereocenters. The van der Waals surface area contributed by atoms with E-state index in [0.29, 0.717) is 11.3 Å². The second-order valence-electron chi connectivity index (χ2n) is 6.78. The number of phenols is 1. The number of morpholine rings is 1. The highest BCUT2D eigenvalue weighted by Crippen LogP contribution is 2.29. The lowest BCUT2D eigenvalue weighted by Gasteiger charge is -2.26. The number of rotatable bonds is 6. The van der Waals surface area contributed by atoms with Crippen molar-refractivity contribution in [3.05, 3.63) is 57.6 Å². The molecule has 1 saturated heterocycles. The lowest BCUT2D eigenvalue weighted by atomic mass is 10.1. The number of hydrogen-bond acceptors (Lipinski definition) is 8. The van der Waals surface area contributed by atoms with Gasteiger partial charge in [0.15, 0.2) is 0 Å². The Morgan fingerprint density at radius 3 is 2.60 bits per heavy atom. The minimum atomic E-state index is -3.87. The Morgan fingerprint density at radius 1 is 1.23 bits per heavy atom. The first-order valence-electron chi connectivity index (χ1n) is 9.17. The second kappa shape index (κ2) is 8.78. The van der Waals surface area contributed by atoms with Crippen molar-refractivity contribution < 1.29 is 23.2 Å². The van der Waals surface area contributed by atoms with Crippen LogP contribution in [-0.2, 0) is 14.8 Å². The van der Waals surface area contributed by atoms with Crippen LogP contribution in [-0.4, -0.2) is 54.8 Å². The van der Waals surface area contributed by atoms with Gasteiger partial charge in [0.25, 0.3) is 5.69 Å². The molecule has 0 amide bonds. The predicted octanol–water partition coefficient (Wildman–Crippen LogP) is 2.47. The molecule has 160 valence electrons. The number of anilines is 1. The molecule has 3 rings (SSSR count). The first-order valence-corrected chi connectivity index (χ1v) is 10.6. The second-order valence-corrected chi connectivity index (χ2v) is 8.72. The molecule has 2 aromatic rings. The zero-order valence-electron chi connectivity index (χ0n) is 16.5. The molecule has 1 aliphatic rings. The molecule has 0 bridgehead atoms. The van der Waals surface area contributed by atoms with Gasteiger partial charge in [0.05, 0.1) is 28.7 Å². The van der Waals surface area contributed by atoms with Gasteiger partial charge in [0.2, 0.25) is 10.0 Å². The number of nitro groups is 1. The first kappa shape index (κ1) is 21.7. The van der Waals surface area contributed by atoms with Crippen LogP contribution < -0.4 is 5.43 Å². The minimum Gasteiger partial charge on any atom is -0.507 e. The molecule has 30 heavy (non-hydrogen) atoms. The van der Waals surface area contributed by atoms with E-state index in [0.717, 1.165) is 11.6 Å². The van der Waals surface area contributed by atoms with E-state index in [1.54, 1.807) is 19.1 Å². The van der Waals surface area contributed by atoms with E-state index in [4.69, 9.17) is 4.74 Å². The number of ether oxygens (including phenoxy) is 1. The van der Waals surface area contributed by atoms with Crippen LogP contribution in [0.25, 0.3) is 0 Å². The molecule has 0 aliphatic carbocycles. The van der Waals surface area contributed by atoms with Crippen LogP contribution in [0.4, 0.5) is 11.4 Å².